The van der Waals surface area contributed by atoms with Crippen molar-refractivity contribution in [2.75, 3.05) is 32.4 Å². The lowest BCUT2D eigenvalue weighted by molar-refractivity contribution is 0.241. The van der Waals surface area contributed by atoms with Gasteiger partial charge in [-0.3, -0.25) is 4.90 Å². The zero-order valence-electron chi connectivity index (χ0n) is 14.1. The second kappa shape index (κ2) is 8.00. The minimum atomic E-state index is 0.353. The molecule has 3 heteroatoms. The molecule has 2 aromatic carbocycles. The van der Waals surface area contributed by atoms with Crippen molar-refractivity contribution in [3.8, 4) is 0 Å². The van der Waals surface area contributed by atoms with E-state index in [-0.39, 0.29) is 0 Å². The fraction of sp³-hybridized carbons (Fsp3) is 0.400. The van der Waals surface area contributed by atoms with Gasteiger partial charge in [-0.15, -0.1) is 11.8 Å². The highest BCUT2D eigenvalue weighted by molar-refractivity contribution is 7.98. The van der Waals surface area contributed by atoms with Crippen molar-refractivity contribution in [2.24, 2.45) is 0 Å². The highest BCUT2D eigenvalue weighted by Gasteiger charge is 2.23. The summed E-state index contributed by atoms with van der Waals surface area (Å²) >= 11 is 1.80. The summed E-state index contributed by atoms with van der Waals surface area (Å²) in [5.41, 5.74) is 4.12. The number of benzene rings is 2. The van der Waals surface area contributed by atoms with Crippen molar-refractivity contribution >= 4 is 11.8 Å². The molecule has 23 heavy (non-hydrogen) atoms. The standard InChI is InChI=1S/C20H26N2S/c1-16-4-6-17(7-5-16)20(22-14-3-12-21-13-15-22)18-8-10-19(23-2)11-9-18/h4-11,20-21H,3,12-15H2,1-2H3. The van der Waals surface area contributed by atoms with Gasteiger partial charge in [0.25, 0.3) is 0 Å². The Kier molecular flexibility index (Phi) is 5.76. The van der Waals surface area contributed by atoms with Crippen LogP contribution in [0.5, 0.6) is 0 Å². The van der Waals surface area contributed by atoms with Gasteiger partial charge in [0.1, 0.15) is 0 Å². The van der Waals surface area contributed by atoms with Crippen LogP contribution in [0.2, 0.25) is 0 Å². The SMILES string of the molecule is CSc1ccc(C(c2ccc(C)cc2)N2CCCNCC2)cc1. The van der Waals surface area contributed by atoms with Crippen LogP contribution in [-0.4, -0.2) is 37.3 Å². The van der Waals surface area contributed by atoms with Crippen LogP contribution in [-0.2, 0) is 0 Å². The predicted molar refractivity (Wildman–Crippen MR) is 100 cm³/mol. The van der Waals surface area contributed by atoms with Crippen molar-refractivity contribution in [3.05, 3.63) is 65.2 Å². The molecule has 0 saturated carbocycles. The molecule has 2 aromatic rings. The minimum absolute atomic E-state index is 0.353. The van der Waals surface area contributed by atoms with E-state index >= 15 is 0 Å². The number of aryl methyl sites for hydroxylation is 1. The zero-order chi connectivity index (χ0) is 16.1. The number of hydrogen-bond donors (Lipinski definition) is 1. The first kappa shape index (κ1) is 16.6. The molecule has 122 valence electrons. The van der Waals surface area contributed by atoms with Gasteiger partial charge in [0.05, 0.1) is 6.04 Å². The summed E-state index contributed by atoms with van der Waals surface area (Å²) in [6, 6.07) is 18.5. The first-order chi connectivity index (χ1) is 11.3. The van der Waals surface area contributed by atoms with E-state index < -0.39 is 0 Å². The summed E-state index contributed by atoms with van der Waals surface area (Å²) in [7, 11) is 0. The normalized spacial score (nSPS) is 17.7. The molecule has 2 nitrogen and oxygen atoms in total. The lowest BCUT2D eigenvalue weighted by Gasteiger charge is -2.31. The van der Waals surface area contributed by atoms with Crippen LogP contribution in [0.1, 0.15) is 29.2 Å². The molecule has 1 heterocycles. The molecule has 3 rings (SSSR count). The molecule has 0 aromatic heterocycles. The Balaban J connectivity index is 1.95. The van der Waals surface area contributed by atoms with E-state index in [1.807, 2.05) is 0 Å². The van der Waals surface area contributed by atoms with E-state index in [1.165, 1.54) is 28.0 Å². The Morgan fingerprint density at radius 2 is 1.57 bits per heavy atom. The zero-order valence-corrected chi connectivity index (χ0v) is 14.9. The molecule has 0 spiro atoms. The third-order valence-corrected chi connectivity index (χ3v) is 5.31. The summed E-state index contributed by atoms with van der Waals surface area (Å²) in [4.78, 5) is 3.95. The average Bonchev–Trinajstić information content (AvgIpc) is 2.87. The second-order valence-corrected chi connectivity index (χ2v) is 7.11. The van der Waals surface area contributed by atoms with Crippen molar-refractivity contribution in [2.45, 2.75) is 24.3 Å². The molecule has 1 aliphatic rings. The molecule has 1 fully saturated rings. The molecule has 1 aliphatic heterocycles. The van der Waals surface area contributed by atoms with Crippen LogP contribution in [0.4, 0.5) is 0 Å². The van der Waals surface area contributed by atoms with E-state index in [2.05, 4.69) is 71.9 Å². The molecular weight excluding hydrogens is 300 g/mol. The van der Waals surface area contributed by atoms with E-state index in [0.717, 1.165) is 26.2 Å². The van der Waals surface area contributed by atoms with Crippen LogP contribution in [0.15, 0.2) is 53.4 Å². The van der Waals surface area contributed by atoms with Gasteiger partial charge >= 0.3 is 0 Å². The molecule has 1 atom stereocenters. The minimum Gasteiger partial charge on any atom is -0.315 e. The van der Waals surface area contributed by atoms with Crippen LogP contribution in [0.25, 0.3) is 0 Å². The van der Waals surface area contributed by atoms with Crippen LogP contribution in [0.3, 0.4) is 0 Å². The third-order valence-electron chi connectivity index (χ3n) is 4.56. The molecule has 1 unspecified atom stereocenters. The Labute approximate surface area is 144 Å². The summed E-state index contributed by atoms with van der Waals surface area (Å²) < 4.78 is 0. The molecule has 0 aliphatic carbocycles. The molecule has 1 N–H and O–H groups in total. The quantitative estimate of drug-likeness (QED) is 0.852. The number of nitrogens with zero attached hydrogens (tertiary/aromatic N) is 1. The first-order valence-corrected chi connectivity index (χ1v) is 9.65. The summed E-state index contributed by atoms with van der Waals surface area (Å²) in [5, 5.41) is 3.52. The average molecular weight is 327 g/mol. The number of thioether (sulfide) groups is 1. The van der Waals surface area contributed by atoms with Crippen molar-refractivity contribution in [1.82, 2.24) is 10.2 Å². The number of nitrogens with one attached hydrogen (secondary N) is 1. The van der Waals surface area contributed by atoms with Crippen molar-refractivity contribution in [3.63, 3.8) is 0 Å². The Morgan fingerprint density at radius 1 is 0.913 bits per heavy atom. The van der Waals surface area contributed by atoms with Crippen LogP contribution >= 0.6 is 11.8 Å². The third kappa shape index (κ3) is 4.17. The van der Waals surface area contributed by atoms with Gasteiger partial charge in [-0.25, -0.2) is 0 Å². The highest BCUT2D eigenvalue weighted by atomic mass is 32.2. The van der Waals surface area contributed by atoms with Crippen LogP contribution < -0.4 is 5.32 Å². The van der Waals surface area contributed by atoms with Crippen molar-refractivity contribution in [1.29, 1.82) is 0 Å². The maximum Gasteiger partial charge on any atom is 0.0602 e. The van der Waals surface area contributed by atoms with E-state index in [0.29, 0.717) is 6.04 Å². The summed E-state index contributed by atoms with van der Waals surface area (Å²) in [5.74, 6) is 0. The van der Waals surface area contributed by atoms with Crippen molar-refractivity contribution < 1.29 is 0 Å². The number of hydrogen-bond acceptors (Lipinski definition) is 3. The lowest BCUT2D eigenvalue weighted by Crippen LogP contribution is -2.33. The maximum absolute atomic E-state index is 3.52. The van der Waals surface area contributed by atoms with E-state index in [4.69, 9.17) is 0 Å². The second-order valence-electron chi connectivity index (χ2n) is 6.23. The molecular formula is C20H26N2S. The Hall–Kier alpha value is -1.29. The molecule has 0 amide bonds. The van der Waals surface area contributed by atoms with E-state index in [9.17, 15) is 0 Å². The van der Waals surface area contributed by atoms with E-state index in [1.54, 1.807) is 11.8 Å². The first-order valence-electron chi connectivity index (χ1n) is 8.43. The van der Waals surface area contributed by atoms with Gasteiger partial charge in [-0.2, -0.15) is 0 Å². The van der Waals surface area contributed by atoms with Gasteiger partial charge in [0, 0.05) is 24.5 Å². The van der Waals surface area contributed by atoms with Gasteiger partial charge in [-0.1, -0.05) is 42.0 Å². The largest absolute Gasteiger partial charge is 0.315 e. The molecule has 1 saturated heterocycles. The predicted octanol–water partition coefficient (Wildman–Crippen LogP) is 4.10. The maximum atomic E-state index is 3.52. The monoisotopic (exact) mass is 326 g/mol. The topological polar surface area (TPSA) is 15.3 Å². The van der Waals surface area contributed by atoms with Gasteiger partial charge in [0.15, 0.2) is 0 Å². The Bertz CT molecular complexity index is 599. The summed E-state index contributed by atoms with van der Waals surface area (Å²) in [6.07, 6.45) is 3.35. The molecule has 0 radical (unpaired) electrons. The fourth-order valence-electron chi connectivity index (χ4n) is 3.27. The van der Waals surface area contributed by atoms with Gasteiger partial charge < -0.3 is 5.32 Å². The molecule has 0 bridgehead atoms. The smallest absolute Gasteiger partial charge is 0.0602 e. The fourth-order valence-corrected chi connectivity index (χ4v) is 3.68. The summed E-state index contributed by atoms with van der Waals surface area (Å²) in [6.45, 7) is 6.61. The Morgan fingerprint density at radius 3 is 2.22 bits per heavy atom. The van der Waals surface area contributed by atoms with Gasteiger partial charge in [-0.05, 0) is 49.4 Å². The number of rotatable bonds is 4. The van der Waals surface area contributed by atoms with Crippen LogP contribution in [0, 0.1) is 6.92 Å². The van der Waals surface area contributed by atoms with Gasteiger partial charge in [0.2, 0.25) is 0 Å². The highest BCUT2D eigenvalue weighted by Crippen LogP contribution is 2.30. The lowest BCUT2D eigenvalue weighted by atomic mass is 9.96.